The molecule has 1 fully saturated rings. The number of carbonyl (C=O) groups excluding carboxylic acids is 2. The molecule has 0 unspecified atom stereocenters. The van der Waals surface area contributed by atoms with E-state index in [1.54, 1.807) is 6.07 Å². The average molecular weight is 587 g/mol. The van der Waals surface area contributed by atoms with E-state index in [1.165, 1.54) is 35.1 Å². The highest BCUT2D eigenvalue weighted by Crippen LogP contribution is 2.50. The Bertz CT molecular complexity index is 1620. The van der Waals surface area contributed by atoms with Crippen LogP contribution in [-0.4, -0.2) is 52.3 Å². The van der Waals surface area contributed by atoms with Crippen molar-refractivity contribution in [3.8, 4) is 17.6 Å². The number of nitrogens with zero attached hydrogens (tertiary/aromatic N) is 4. The minimum absolute atomic E-state index is 0.0234. The number of aromatic nitrogens is 3. The number of hydrogen-bond donors (Lipinski definition) is 2. The number of rotatable bonds is 7. The van der Waals surface area contributed by atoms with E-state index >= 15 is 0 Å². The van der Waals surface area contributed by atoms with Crippen LogP contribution in [0.25, 0.3) is 5.82 Å². The third-order valence-electron chi connectivity index (χ3n) is 8.09. The largest absolute Gasteiger partial charge is 0.484 e. The molecule has 1 aliphatic heterocycles. The lowest BCUT2D eigenvalue weighted by molar-refractivity contribution is -0.153. The van der Waals surface area contributed by atoms with Gasteiger partial charge in [-0.25, -0.2) is 18.4 Å². The van der Waals surface area contributed by atoms with Gasteiger partial charge in [-0.2, -0.15) is 23.5 Å². The van der Waals surface area contributed by atoms with E-state index in [-0.39, 0.29) is 59.9 Å². The zero-order valence-electron chi connectivity index (χ0n) is 21.9. The van der Waals surface area contributed by atoms with Gasteiger partial charge < -0.3 is 15.4 Å². The Morgan fingerprint density at radius 1 is 1.21 bits per heavy atom. The Labute approximate surface area is 235 Å². The minimum atomic E-state index is -4.49. The second-order valence-corrected chi connectivity index (χ2v) is 10.9. The van der Waals surface area contributed by atoms with E-state index in [4.69, 9.17) is 10.00 Å². The predicted molar refractivity (Wildman–Crippen MR) is 135 cm³/mol. The number of pyridine rings is 1. The molecule has 0 saturated heterocycles. The molecule has 6 rings (SSSR count). The van der Waals surface area contributed by atoms with E-state index in [1.807, 2.05) is 6.07 Å². The fourth-order valence-corrected chi connectivity index (χ4v) is 5.66. The molecule has 3 heterocycles. The Kier molecular flexibility index (Phi) is 6.43. The molecule has 0 radical (unpaired) electrons. The summed E-state index contributed by atoms with van der Waals surface area (Å²) in [6, 6.07) is 9.41. The van der Waals surface area contributed by atoms with E-state index in [9.17, 15) is 31.5 Å². The van der Waals surface area contributed by atoms with E-state index in [0.717, 1.165) is 0 Å². The zero-order valence-corrected chi connectivity index (χ0v) is 21.9. The fourth-order valence-electron chi connectivity index (χ4n) is 5.66. The number of carbonyl (C=O) groups is 2. The van der Waals surface area contributed by atoms with Crippen molar-refractivity contribution in [1.82, 2.24) is 25.4 Å². The summed E-state index contributed by atoms with van der Waals surface area (Å²) < 4.78 is 70.9. The van der Waals surface area contributed by atoms with Gasteiger partial charge in [-0.15, -0.1) is 0 Å². The molecule has 2 N–H and O–H groups in total. The van der Waals surface area contributed by atoms with Crippen LogP contribution < -0.4 is 15.4 Å². The molecule has 1 atom stereocenters. The molecule has 2 amide bonds. The number of nitriles is 1. The van der Waals surface area contributed by atoms with Gasteiger partial charge in [0.15, 0.2) is 12.4 Å². The summed E-state index contributed by atoms with van der Waals surface area (Å²) in [7, 11) is 0. The van der Waals surface area contributed by atoms with Crippen molar-refractivity contribution in [2.75, 3.05) is 13.2 Å². The summed E-state index contributed by atoms with van der Waals surface area (Å²) >= 11 is 0. The SMILES string of the molecule is N#Cc1ccc(-n2nc3c(c2C(=O)NCC2(C(F)F)CC2)C(=O)N[C@@]2(CCc4cc(OCC(F)(F)F)ccc42)C3)nc1. The summed E-state index contributed by atoms with van der Waals surface area (Å²) in [5.41, 5.74) is -0.478. The number of nitrogens with one attached hydrogen (secondary N) is 2. The van der Waals surface area contributed by atoms with Crippen LogP contribution in [0.4, 0.5) is 22.0 Å². The highest BCUT2D eigenvalue weighted by atomic mass is 19.4. The fraction of sp³-hybridized carbons (Fsp3) is 0.393. The van der Waals surface area contributed by atoms with Crippen molar-refractivity contribution < 1.29 is 36.3 Å². The van der Waals surface area contributed by atoms with Crippen LogP contribution in [0, 0.1) is 16.7 Å². The average Bonchev–Trinajstić information content (AvgIpc) is 3.56. The van der Waals surface area contributed by atoms with Gasteiger partial charge in [0.1, 0.15) is 17.5 Å². The highest BCUT2D eigenvalue weighted by molar-refractivity contribution is 6.08. The quantitative estimate of drug-likeness (QED) is 0.404. The maximum absolute atomic E-state index is 13.7. The van der Waals surface area contributed by atoms with Crippen molar-refractivity contribution >= 4 is 11.8 Å². The van der Waals surface area contributed by atoms with E-state index < -0.39 is 42.0 Å². The van der Waals surface area contributed by atoms with Crippen LogP contribution >= 0.6 is 0 Å². The summed E-state index contributed by atoms with van der Waals surface area (Å²) in [6.45, 7) is -1.71. The molecule has 218 valence electrons. The lowest BCUT2D eigenvalue weighted by Gasteiger charge is -2.35. The van der Waals surface area contributed by atoms with Crippen LogP contribution in [0.5, 0.6) is 5.75 Å². The van der Waals surface area contributed by atoms with Gasteiger partial charge in [0, 0.05) is 24.6 Å². The molecule has 42 heavy (non-hydrogen) atoms. The number of ether oxygens (including phenoxy) is 1. The third-order valence-corrected chi connectivity index (χ3v) is 8.09. The summed E-state index contributed by atoms with van der Waals surface area (Å²) in [5, 5.41) is 19.2. The minimum Gasteiger partial charge on any atom is -0.484 e. The van der Waals surface area contributed by atoms with Crippen LogP contribution in [0.1, 0.15) is 62.5 Å². The Morgan fingerprint density at radius 2 is 2.00 bits per heavy atom. The first-order valence-electron chi connectivity index (χ1n) is 13.1. The van der Waals surface area contributed by atoms with Gasteiger partial charge in [0.2, 0.25) is 6.43 Å². The topological polar surface area (TPSA) is 122 Å². The van der Waals surface area contributed by atoms with Crippen molar-refractivity contribution in [2.45, 2.75) is 50.2 Å². The monoisotopic (exact) mass is 586 g/mol. The maximum atomic E-state index is 13.7. The molecule has 1 aromatic carbocycles. The Hall–Kier alpha value is -4.54. The normalized spacial score (nSPS) is 20.1. The number of aryl methyl sites for hydroxylation is 1. The number of halogens is 5. The summed E-state index contributed by atoms with van der Waals surface area (Å²) in [4.78, 5) is 31.3. The van der Waals surface area contributed by atoms with Crippen LogP contribution in [-0.2, 0) is 18.4 Å². The van der Waals surface area contributed by atoms with Gasteiger partial charge in [-0.3, -0.25) is 9.59 Å². The second-order valence-electron chi connectivity index (χ2n) is 10.9. The van der Waals surface area contributed by atoms with Gasteiger partial charge in [-0.05, 0) is 61.1 Å². The first-order chi connectivity index (χ1) is 19.9. The molecular formula is C28H23F5N6O3. The van der Waals surface area contributed by atoms with E-state index in [2.05, 4.69) is 20.7 Å². The van der Waals surface area contributed by atoms with Crippen molar-refractivity contribution in [2.24, 2.45) is 5.41 Å². The van der Waals surface area contributed by atoms with Gasteiger partial charge >= 0.3 is 6.18 Å². The number of fused-ring (bicyclic) bond motifs is 3. The van der Waals surface area contributed by atoms with Crippen LogP contribution in [0.3, 0.4) is 0 Å². The molecule has 2 aromatic heterocycles. The highest BCUT2D eigenvalue weighted by Gasteiger charge is 2.52. The Balaban J connectivity index is 1.35. The molecule has 1 spiro atoms. The number of alkyl halides is 5. The molecule has 3 aliphatic rings. The molecule has 2 aliphatic carbocycles. The molecular weight excluding hydrogens is 563 g/mol. The smallest absolute Gasteiger partial charge is 0.422 e. The molecule has 14 heteroatoms. The van der Waals surface area contributed by atoms with Gasteiger partial charge in [0.05, 0.1) is 22.4 Å². The first kappa shape index (κ1) is 27.6. The first-order valence-corrected chi connectivity index (χ1v) is 13.1. The van der Waals surface area contributed by atoms with Gasteiger partial charge in [0.25, 0.3) is 11.8 Å². The predicted octanol–water partition coefficient (Wildman–Crippen LogP) is 3.98. The van der Waals surface area contributed by atoms with Crippen LogP contribution in [0.2, 0.25) is 0 Å². The number of hydrogen-bond acceptors (Lipinski definition) is 6. The molecule has 9 nitrogen and oxygen atoms in total. The molecule has 0 bridgehead atoms. The summed E-state index contributed by atoms with van der Waals surface area (Å²) in [6.07, 6.45) is -4.24. The lowest BCUT2D eigenvalue weighted by atomic mass is 9.82. The zero-order chi connectivity index (χ0) is 29.9. The van der Waals surface area contributed by atoms with Crippen molar-refractivity contribution in [1.29, 1.82) is 5.26 Å². The summed E-state index contributed by atoms with van der Waals surface area (Å²) in [5.74, 6) is -1.19. The van der Waals surface area contributed by atoms with Crippen LogP contribution in [0.15, 0.2) is 36.5 Å². The molecule has 3 aromatic rings. The van der Waals surface area contributed by atoms with Gasteiger partial charge in [-0.1, -0.05) is 6.07 Å². The van der Waals surface area contributed by atoms with Crippen molar-refractivity contribution in [3.05, 3.63) is 70.2 Å². The van der Waals surface area contributed by atoms with E-state index in [0.29, 0.717) is 24.0 Å². The number of amides is 2. The van der Waals surface area contributed by atoms with Crippen molar-refractivity contribution in [3.63, 3.8) is 0 Å². The number of benzene rings is 1. The Morgan fingerprint density at radius 3 is 2.64 bits per heavy atom. The maximum Gasteiger partial charge on any atom is 0.422 e. The lowest BCUT2D eigenvalue weighted by Crippen LogP contribution is -2.50. The standard InChI is InChI=1S/C28H23F5N6O3/c29-25(30)26(7-8-26)13-36-24(41)22-21-19(38-39(22)20-4-1-15(11-34)12-35-20)10-27(37-23(21)40)6-5-16-9-17(2-3-18(16)27)42-14-28(31,32)33/h1-4,9,12,25H,5-8,10,13-14H2,(H,36,41)(H,37,40)/t27-/m0/s1. The molecule has 1 saturated carbocycles. The third kappa shape index (κ3) is 4.82. The second kappa shape index (κ2) is 9.78.